The molecule has 1 aliphatic rings. The summed E-state index contributed by atoms with van der Waals surface area (Å²) in [4.78, 5) is 11.3. The van der Waals surface area contributed by atoms with Gasteiger partial charge in [-0.2, -0.15) is 0 Å². The molecule has 0 radical (unpaired) electrons. The Labute approximate surface area is 256 Å². The highest BCUT2D eigenvalue weighted by Crippen LogP contribution is 2.44. The van der Waals surface area contributed by atoms with Crippen molar-refractivity contribution in [1.82, 2.24) is 14.5 Å². The van der Waals surface area contributed by atoms with Crippen molar-refractivity contribution in [2.75, 3.05) is 10.6 Å². The van der Waals surface area contributed by atoms with E-state index >= 15 is 0 Å². The quantitative estimate of drug-likeness (QED) is 0.196. The molecular formula is C38H32N6. The van der Waals surface area contributed by atoms with Crippen LogP contribution >= 0.6 is 0 Å². The van der Waals surface area contributed by atoms with Gasteiger partial charge in [0.2, 0.25) is 0 Å². The first-order valence-electron chi connectivity index (χ1n) is 14.7. The van der Waals surface area contributed by atoms with Gasteiger partial charge in [-0.3, -0.25) is 14.5 Å². The first-order valence-corrected chi connectivity index (χ1v) is 14.7. The van der Waals surface area contributed by atoms with E-state index in [1.807, 2.05) is 68.0 Å². The Kier molecular flexibility index (Phi) is 7.00. The van der Waals surface area contributed by atoms with Gasteiger partial charge in [-0.25, -0.2) is 0 Å². The van der Waals surface area contributed by atoms with Gasteiger partial charge in [0, 0.05) is 53.0 Å². The van der Waals surface area contributed by atoms with Gasteiger partial charge < -0.3 is 16.4 Å². The second-order valence-electron chi connectivity index (χ2n) is 10.7. The smallest absolute Gasteiger partial charge is 0.116 e. The normalized spacial score (nSPS) is 14.2. The number of allylic oxidation sites excluding steroid dienone is 4. The van der Waals surface area contributed by atoms with Gasteiger partial charge in [0.05, 0.1) is 16.9 Å². The van der Waals surface area contributed by atoms with Gasteiger partial charge in [0.25, 0.3) is 0 Å². The lowest BCUT2D eigenvalue weighted by Gasteiger charge is -2.24. The summed E-state index contributed by atoms with van der Waals surface area (Å²) in [5, 5.41) is 1.10. The number of nitrogens with two attached hydrogens (primary N) is 2. The van der Waals surface area contributed by atoms with Crippen LogP contribution in [0.2, 0.25) is 0 Å². The summed E-state index contributed by atoms with van der Waals surface area (Å²) < 4.78 is 2.13. The highest BCUT2D eigenvalue weighted by atomic mass is 15.2. The number of hydrogen-bond acceptors (Lipinski definition) is 5. The van der Waals surface area contributed by atoms with Crippen LogP contribution in [0.4, 0.5) is 17.2 Å². The minimum absolute atomic E-state index is 0.675. The van der Waals surface area contributed by atoms with E-state index < -0.39 is 0 Å². The third-order valence-electron chi connectivity index (χ3n) is 8.13. The lowest BCUT2D eigenvalue weighted by Crippen LogP contribution is -2.12. The highest BCUT2D eigenvalue weighted by Gasteiger charge is 2.28. The minimum Gasteiger partial charge on any atom is -0.405 e. The SMILES string of the molecule is C/C=C(\C=C/N)c1cc(-c2ccncc2)cc(N2/C(=C/c3c(N)n(-c4ccccc4)c4ccccc34)Cc3ncccc32)c1. The van der Waals surface area contributed by atoms with Crippen molar-refractivity contribution in [3.05, 3.63) is 157 Å². The first kappa shape index (κ1) is 27.0. The molecule has 0 amide bonds. The summed E-state index contributed by atoms with van der Waals surface area (Å²) in [6.45, 7) is 2.03. The van der Waals surface area contributed by atoms with Crippen LogP contribution in [-0.4, -0.2) is 14.5 Å². The largest absolute Gasteiger partial charge is 0.405 e. The zero-order valence-electron chi connectivity index (χ0n) is 24.4. The minimum atomic E-state index is 0.675. The molecule has 0 spiro atoms. The fourth-order valence-electron chi connectivity index (χ4n) is 6.13. The van der Waals surface area contributed by atoms with Crippen LogP contribution < -0.4 is 16.4 Å². The van der Waals surface area contributed by atoms with Crippen LogP contribution in [0, 0.1) is 0 Å². The average molecular weight is 573 g/mol. The molecule has 6 heteroatoms. The maximum absolute atomic E-state index is 6.98. The molecule has 3 aromatic carbocycles. The van der Waals surface area contributed by atoms with E-state index in [1.165, 1.54) is 0 Å². The van der Waals surface area contributed by atoms with Crippen molar-refractivity contribution in [3.8, 4) is 16.8 Å². The molecule has 1 aliphatic heterocycles. The topological polar surface area (TPSA) is 86.0 Å². The zero-order chi connectivity index (χ0) is 30.0. The van der Waals surface area contributed by atoms with E-state index in [9.17, 15) is 0 Å². The number of nitrogen functional groups attached to an aromatic ring is 1. The molecule has 6 nitrogen and oxygen atoms in total. The number of aromatic nitrogens is 3. The van der Waals surface area contributed by atoms with Gasteiger partial charge in [-0.05, 0) is 108 Å². The summed E-state index contributed by atoms with van der Waals surface area (Å²) in [7, 11) is 0. The molecule has 0 fully saturated rings. The molecule has 214 valence electrons. The van der Waals surface area contributed by atoms with E-state index in [1.54, 1.807) is 6.20 Å². The third-order valence-corrected chi connectivity index (χ3v) is 8.13. The molecule has 0 aliphatic carbocycles. The second-order valence-corrected chi connectivity index (χ2v) is 10.7. The van der Waals surface area contributed by atoms with Crippen LogP contribution in [-0.2, 0) is 6.42 Å². The number of para-hydroxylation sites is 2. The molecule has 6 aromatic rings. The Hall–Kier alpha value is -5.88. The lowest BCUT2D eigenvalue weighted by molar-refractivity contribution is 1.11. The van der Waals surface area contributed by atoms with Crippen molar-refractivity contribution in [1.29, 1.82) is 0 Å². The Bertz CT molecular complexity index is 2070. The average Bonchev–Trinajstić information content (AvgIpc) is 3.58. The number of rotatable bonds is 6. The second kappa shape index (κ2) is 11.4. The standard InChI is InChI=1S/C38H32N6/c1-2-26(14-17-39)28-21-29(27-15-19-41-20-16-27)23-31(22-28)43-32(25-35-37(43)13-8-18-42-35)24-34-33-11-6-7-12-36(33)44(38(34)40)30-9-4-3-5-10-30/h2-24H,25,39-40H2,1H3/b17-14-,26-2+,32-24+. The number of nitrogens with zero attached hydrogens (tertiary/aromatic N) is 4. The van der Waals surface area contributed by atoms with Crippen molar-refractivity contribution in [2.45, 2.75) is 13.3 Å². The van der Waals surface area contributed by atoms with Crippen molar-refractivity contribution in [2.24, 2.45) is 5.73 Å². The monoisotopic (exact) mass is 572 g/mol. The molecule has 0 saturated heterocycles. The van der Waals surface area contributed by atoms with Crippen LogP contribution in [0.15, 0.2) is 140 Å². The zero-order valence-corrected chi connectivity index (χ0v) is 24.4. The van der Waals surface area contributed by atoms with E-state index in [0.717, 1.165) is 67.2 Å². The maximum atomic E-state index is 6.98. The van der Waals surface area contributed by atoms with Gasteiger partial charge in [-0.1, -0.05) is 42.5 Å². The molecule has 3 aromatic heterocycles. The Morgan fingerprint density at radius 3 is 2.41 bits per heavy atom. The maximum Gasteiger partial charge on any atom is 0.116 e. The van der Waals surface area contributed by atoms with Gasteiger partial charge in [0.1, 0.15) is 5.82 Å². The lowest BCUT2D eigenvalue weighted by atomic mass is 9.97. The number of anilines is 3. The van der Waals surface area contributed by atoms with Crippen molar-refractivity contribution < 1.29 is 0 Å². The molecule has 4 heterocycles. The molecule has 0 atom stereocenters. The predicted molar refractivity (Wildman–Crippen MR) is 182 cm³/mol. The Morgan fingerprint density at radius 1 is 0.818 bits per heavy atom. The molecule has 0 unspecified atom stereocenters. The Balaban J connectivity index is 1.46. The van der Waals surface area contributed by atoms with E-state index in [2.05, 4.69) is 87.3 Å². The van der Waals surface area contributed by atoms with Crippen molar-refractivity contribution >= 4 is 39.7 Å². The third kappa shape index (κ3) is 4.72. The predicted octanol–water partition coefficient (Wildman–Crippen LogP) is 8.28. The van der Waals surface area contributed by atoms with Gasteiger partial charge >= 0.3 is 0 Å². The van der Waals surface area contributed by atoms with Gasteiger partial charge in [0.15, 0.2) is 0 Å². The summed E-state index contributed by atoms with van der Waals surface area (Å²) >= 11 is 0. The highest BCUT2D eigenvalue weighted by molar-refractivity contribution is 5.98. The Morgan fingerprint density at radius 2 is 1.61 bits per heavy atom. The molecule has 0 saturated carbocycles. The summed E-state index contributed by atoms with van der Waals surface area (Å²) in [5.74, 6) is 0.698. The fraction of sp³-hybridized carbons (Fsp3) is 0.0526. The molecular weight excluding hydrogens is 540 g/mol. The molecule has 4 N–H and O–H groups in total. The number of benzene rings is 3. The first-order chi connectivity index (χ1) is 21.7. The summed E-state index contributed by atoms with van der Waals surface area (Å²) in [5.41, 5.74) is 24.4. The van der Waals surface area contributed by atoms with Crippen LogP contribution in [0.25, 0.3) is 39.4 Å². The van der Waals surface area contributed by atoms with E-state index in [4.69, 9.17) is 16.5 Å². The summed E-state index contributed by atoms with van der Waals surface area (Å²) in [6, 6.07) is 33.5. The van der Waals surface area contributed by atoms with Crippen LogP contribution in [0.3, 0.4) is 0 Å². The number of pyridine rings is 2. The summed E-state index contributed by atoms with van der Waals surface area (Å²) in [6.07, 6.45) is 14.0. The molecule has 0 bridgehead atoms. The van der Waals surface area contributed by atoms with E-state index in [0.29, 0.717) is 12.2 Å². The number of hydrogen-bond donors (Lipinski definition) is 2. The number of fused-ring (bicyclic) bond motifs is 2. The van der Waals surface area contributed by atoms with Crippen molar-refractivity contribution in [3.63, 3.8) is 0 Å². The van der Waals surface area contributed by atoms with Crippen LogP contribution in [0.1, 0.15) is 23.7 Å². The van der Waals surface area contributed by atoms with E-state index in [-0.39, 0.29) is 0 Å². The van der Waals surface area contributed by atoms with Crippen LogP contribution in [0.5, 0.6) is 0 Å². The molecule has 44 heavy (non-hydrogen) atoms. The molecule has 7 rings (SSSR count). The fourth-order valence-corrected chi connectivity index (χ4v) is 6.13. The van der Waals surface area contributed by atoms with Gasteiger partial charge in [-0.15, -0.1) is 0 Å².